The Hall–Kier alpha value is -2.60. The maximum atomic E-state index is 13.9. The summed E-state index contributed by atoms with van der Waals surface area (Å²) in [6.45, 7) is 5.68. The van der Waals surface area contributed by atoms with E-state index in [2.05, 4.69) is 18.4 Å². The zero-order valence-electron chi connectivity index (χ0n) is 13.0. The highest BCUT2D eigenvalue weighted by molar-refractivity contribution is 5.46. The van der Waals surface area contributed by atoms with E-state index in [1.807, 2.05) is 30.3 Å². The molecule has 0 amide bonds. The Balaban J connectivity index is 2.18. The summed E-state index contributed by atoms with van der Waals surface area (Å²) in [5, 5.41) is 0. The molecule has 0 spiro atoms. The molecule has 0 aliphatic carbocycles. The van der Waals surface area contributed by atoms with Gasteiger partial charge in [0, 0.05) is 5.56 Å². The Labute approximate surface area is 135 Å². The van der Waals surface area contributed by atoms with Crippen molar-refractivity contribution in [2.75, 3.05) is 6.61 Å². The number of aryl methyl sites for hydroxylation is 1. The average molecular weight is 312 g/mol. The minimum atomic E-state index is -1.00. The van der Waals surface area contributed by atoms with Gasteiger partial charge in [-0.3, -0.25) is 0 Å². The number of rotatable bonds is 5. The van der Waals surface area contributed by atoms with Crippen LogP contribution in [0.15, 0.2) is 49.1 Å². The molecule has 23 heavy (non-hydrogen) atoms. The van der Waals surface area contributed by atoms with E-state index in [0.717, 1.165) is 18.4 Å². The molecule has 0 fully saturated rings. The molecule has 0 bridgehead atoms. The summed E-state index contributed by atoms with van der Waals surface area (Å²) in [7, 11) is 0. The van der Waals surface area contributed by atoms with Gasteiger partial charge in [0.2, 0.25) is 5.82 Å². The molecule has 0 N–H and O–H groups in total. The zero-order chi connectivity index (χ0) is 16.7. The SMILES string of the molecule is C=CCCc1ccc(C#Cc2ccc(OCC)c(F)c2F)cc1. The maximum Gasteiger partial charge on any atom is 0.201 e. The second-order valence-corrected chi connectivity index (χ2v) is 4.95. The Morgan fingerprint density at radius 2 is 1.78 bits per heavy atom. The van der Waals surface area contributed by atoms with Crippen LogP contribution in [0.25, 0.3) is 0 Å². The van der Waals surface area contributed by atoms with Crippen molar-refractivity contribution in [3.05, 3.63) is 77.4 Å². The van der Waals surface area contributed by atoms with Crippen molar-refractivity contribution in [1.82, 2.24) is 0 Å². The van der Waals surface area contributed by atoms with E-state index < -0.39 is 11.6 Å². The van der Waals surface area contributed by atoms with Gasteiger partial charge in [0.25, 0.3) is 0 Å². The van der Waals surface area contributed by atoms with Gasteiger partial charge in [-0.2, -0.15) is 4.39 Å². The minimum Gasteiger partial charge on any atom is -0.491 e. The Morgan fingerprint density at radius 1 is 1.04 bits per heavy atom. The number of allylic oxidation sites excluding steroid dienone is 1. The first-order valence-electron chi connectivity index (χ1n) is 7.48. The summed E-state index contributed by atoms with van der Waals surface area (Å²) in [5.41, 5.74) is 1.96. The van der Waals surface area contributed by atoms with E-state index in [9.17, 15) is 8.78 Å². The van der Waals surface area contributed by atoms with E-state index in [1.54, 1.807) is 6.92 Å². The summed E-state index contributed by atoms with van der Waals surface area (Å²) >= 11 is 0. The smallest absolute Gasteiger partial charge is 0.201 e. The van der Waals surface area contributed by atoms with E-state index in [0.29, 0.717) is 0 Å². The third-order valence-corrected chi connectivity index (χ3v) is 3.28. The standard InChI is InChI=1S/C20H18F2O/c1-3-5-6-15-7-9-16(10-8-15)11-12-17-13-14-18(23-4-2)20(22)19(17)21/h3,7-10,13-14H,1,4-6H2,2H3. The van der Waals surface area contributed by atoms with Gasteiger partial charge in [0.05, 0.1) is 12.2 Å². The molecule has 0 saturated heterocycles. The maximum absolute atomic E-state index is 13.9. The van der Waals surface area contributed by atoms with Gasteiger partial charge in [-0.15, -0.1) is 6.58 Å². The minimum absolute atomic E-state index is 0.0155. The summed E-state index contributed by atoms with van der Waals surface area (Å²) in [5.74, 6) is 3.43. The molecule has 0 aliphatic heterocycles. The van der Waals surface area contributed by atoms with Crippen LogP contribution in [0.4, 0.5) is 8.78 Å². The first kappa shape index (κ1) is 16.8. The number of hydrogen-bond acceptors (Lipinski definition) is 1. The summed E-state index contributed by atoms with van der Waals surface area (Å²) in [4.78, 5) is 0. The quantitative estimate of drug-likeness (QED) is 0.564. The predicted octanol–water partition coefficient (Wildman–Crippen LogP) is 4.88. The predicted molar refractivity (Wildman–Crippen MR) is 88.5 cm³/mol. The lowest BCUT2D eigenvalue weighted by molar-refractivity contribution is 0.314. The number of halogens is 2. The molecule has 2 aromatic carbocycles. The fourth-order valence-electron chi connectivity index (χ4n) is 2.06. The molecule has 0 radical (unpaired) electrons. The van der Waals surface area contributed by atoms with Gasteiger partial charge in [0.15, 0.2) is 11.6 Å². The van der Waals surface area contributed by atoms with Crippen molar-refractivity contribution >= 4 is 0 Å². The fourth-order valence-corrected chi connectivity index (χ4v) is 2.06. The lowest BCUT2D eigenvalue weighted by Crippen LogP contribution is -1.98. The van der Waals surface area contributed by atoms with Crippen LogP contribution in [0.2, 0.25) is 0 Å². The molecule has 118 valence electrons. The van der Waals surface area contributed by atoms with Crippen LogP contribution in [0.5, 0.6) is 5.75 Å². The second-order valence-electron chi connectivity index (χ2n) is 4.95. The molecule has 2 rings (SSSR count). The van der Waals surface area contributed by atoms with E-state index >= 15 is 0 Å². The van der Waals surface area contributed by atoms with Crippen molar-refractivity contribution in [3.63, 3.8) is 0 Å². The van der Waals surface area contributed by atoms with Crippen LogP contribution in [0.1, 0.15) is 30.0 Å². The van der Waals surface area contributed by atoms with Crippen molar-refractivity contribution < 1.29 is 13.5 Å². The normalized spacial score (nSPS) is 9.87. The molecule has 0 saturated carbocycles. The molecule has 0 aliphatic rings. The van der Waals surface area contributed by atoms with Crippen LogP contribution in [-0.2, 0) is 6.42 Å². The largest absolute Gasteiger partial charge is 0.491 e. The van der Waals surface area contributed by atoms with E-state index in [4.69, 9.17) is 4.74 Å². The molecular weight excluding hydrogens is 294 g/mol. The highest BCUT2D eigenvalue weighted by atomic mass is 19.2. The number of benzene rings is 2. The van der Waals surface area contributed by atoms with Gasteiger partial charge in [0.1, 0.15) is 0 Å². The van der Waals surface area contributed by atoms with Crippen molar-refractivity contribution in [1.29, 1.82) is 0 Å². The molecule has 3 heteroatoms. The van der Waals surface area contributed by atoms with Crippen LogP contribution in [-0.4, -0.2) is 6.61 Å². The van der Waals surface area contributed by atoms with Crippen molar-refractivity contribution in [2.24, 2.45) is 0 Å². The van der Waals surface area contributed by atoms with Crippen molar-refractivity contribution in [2.45, 2.75) is 19.8 Å². The Morgan fingerprint density at radius 3 is 2.43 bits per heavy atom. The Bertz CT molecular complexity index is 737. The van der Waals surface area contributed by atoms with Crippen LogP contribution in [0, 0.1) is 23.5 Å². The summed E-state index contributed by atoms with van der Waals surface area (Å²) in [6.07, 6.45) is 3.72. The fraction of sp³-hybridized carbons (Fsp3) is 0.200. The van der Waals surface area contributed by atoms with Crippen LogP contribution in [0.3, 0.4) is 0 Å². The number of hydrogen-bond donors (Lipinski definition) is 0. The third kappa shape index (κ3) is 4.43. The van der Waals surface area contributed by atoms with Crippen molar-refractivity contribution in [3.8, 4) is 17.6 Å². The average Bonchev–Trinajstić information content (AvgIpc) is 2.57. The van der Waals surface area contributed by atoms with E-state index in [-0.39, 0.29) is 17.9 Å². The molecule has 0 atom stereocenters. The number of ether oxygens (including phenoxy) is 1. The molecule has 2 aromatic rings. The van der Waals surface area contributed by atoms with Crippen LogP contribution < -0.4 is 4.74 Å². The van der Waals surface area contributed by atoms with Gasteiger partial charge in [-0.05, 0) is 49.6 Å². The molecule has 0 heterocycles. The van der Waals surface area contributed by atoms with Gasteiger partial charge >= 0.3 is 0 Å². The first-order valence-corrected chi connectivity index (χ1v) is 7.48. The highest BCUT2D eigenvalue weighted by Gasteiger charge is 2.12. The molecular formula is C20H18F2O. The zero-order valence-corrected chi connectivity index (χ0v) is 13.0. The lowest BCUT2D eigenvalue weighted by atomic mass is 10.1. The monoisotopic (exact) mass is 312 g/mol. The molecule has 0 aromatic heterocycles. The first-order chi connectivity index (χ1) is 11.2. The van der Waals surface area contributed by atoms with Gasteiger partial charge in [-0.1, -0.05) is 30.0 Å². The third-order valence-electron chi connectivity index (χ3n) is 3.28. The lowest BCUT2D eigenvalue weighted by Gasteiger charge is -2.05. The summed E-state index contributed by atoms with van der Waals surface area (Å²) in [6, 6.07) is 10.5. The summed E-state index contributed by atoms with van der Waals surface area (Å²) < 4.78 is 32.7. The van der Waals surface area contributed by atoms with Gasteiger partial charge in [-0.25, -0.2) is 4.39 Å². The second kappa shape index (κ2) is 8.14. The van der Waals surface area contributed by atoms with Gasteiger partial charge < -0.3 is 4.74 Å². The molecule has 0 unspecified atom stereocenters. The van der Waals surface area contributed by atoms with E-state index in [1.165, 1.54) is 17.7 Å². The Kier molecular flexibility index (Phi) is 5.94. The topological polar surface area (TPSA) is 9.23 Å². The van der Waals surface area contributed by atoms with Crippen LogP contribution >= 0.6 is 0 Å². The molecule has 1 nitrogen and oxygen atoms in total. The highest BCUT2D eigenvalue weighted by Crippen LogP contribution is 2.22.